The van der Waals surface area contributed by atoms with Crippen LogP contribution in [-0.2, 0) is 0 Å². The molecule has 0 saturated carbocycles. The van der Waals surface area contributed by atoms with Gasteiger partial charge in [0.2, 0.25) is 0 Å². The van der Waals surface area contributed by atoms with Gasteiger partial charge in [-0.25, -0.2) is 0 Å². The third-order valence-electron chi connectivity index (χ3n) is 2.39. The van der Waals surface area contributed by atoms with Crippen LogP contribution in [0.4, 0.5) is 5.69 Å². The highest BCUT2D eigenvalue weighted by molar-refractivity contribution is 5.77. The van der Waals surface area contributed by atoms with Gasteiger partial charge in [0.1, 0.15) is 0 Å². The van der Waals surface area contributed by atoms with Gasteiger partial charge in [0, 0.05) is 11.3 Å². The summed E-state index contributed by atoms with van der Waals surface area (Å²) >= 11 is 0. The molecule has 2 rings (SSSR count). The molecule has 0 radical (unpaired) electrons. The van der Waals surface area contributed by atoms with Crippen molar-refractivity contribution in [3.63, 3.8) is 0 Å². The number of rotatable bonds is 3. The summed E-state index contributed by atoms with van der Waals surface area (Å²) in [6, 6.07) is 18.4. The summed E-state index contributed by atoms with van der Waals surface area (Å²) in [6.07, 6.45) is 5.25. The maximum atomic E-state index is 5.25. The average Bonchev–Trinajstić information content (AvgIpc) is 2.38. The third kappa shape index (κ3) is 2.24. The first kappa shape index (κ1) is 10.3. The lowest BCUT2D eigenvalue weighted by Gasteiger charge is -2.09. The van der Waals surface area contributed by atoms with Crippen molar-refractivity contribution in [2.45, 2.75) is 0 Å². The van der Waals surface area contributed by atoms with Gasteiger partial charge in [-0.05, 0) is 11.6 Å². The van der Waals surface area contributed by atoms with Gasteiger partial charge in [0.05, 0.1) is 6.54 Å². The molecule has 0 saturated heterocycles. The minimum Gasteiger partial charge on any atom is -0.374 e. The zero-order valence-electron chi connectivity index (χ0n) is 8.98. The molecule has 0 unspecified atom stereocenters. The molecule has 0 spiro atoms. The van der Waals surface area contributed by atoms with E-state index in [1.54, 1.807) is 0 Å². The number of nitrogens with one attached hydrogen (secondary N) is 1. The summed E-state index contributed by atoms with van der Waals surface area (Å²) in [5, 5.41) is 3.23. The molecule has 1 heteroatoms. The monoisotopic (exact) mass is 207 g/mol. The quantitative estimate of drug-likeness (QED) is 0.761. The van der Waals surface area contributed by atoms with E-state index < -0.39 is 0 Å². The van der Waals surface area contributed by atoms with E-state index in [-0.39, 0.29) is 0 Å². The van der Waals surface area contributed by atoms with E-state index in [0.717, 1.165) is 5.69 Å². The summed E-state index contributed by atoms with van der Waals surface area (Å²) < 4.78 is 0. The highest BCUT2D eigenvalue weighted by atomic mass is 14.9. The van der Waals surface area contributed by atoms with E-state index >= 15 is 0 Å². The van der Waals surface area contributed by atoms with Crippen molar-refractivity contribution in [1.82, 2.24) is 0 Å². The standard InChI is InChI=1S/C15H13N/c1-2-12-16-15-11-7-6-10-14(15)13-8-4-3-5-9-13/h1,3-11,16H,12H2. The second-order valence-electron chi connectivity index (χ2n) is 3.47. The van der Waals surface area contributed by atoms with Crippen LogP contribution in [0.5, 0.6) is 0 Å². The Morgan fingerprint density at radius 3 is 2.38 bits per heavy atom. The van der Waals surface area contributed by atoms with Gasteiger partial charge in [-0.2, -0.15) is 0 Å². The molecular weight excluding hydrogens is 194 g/mol. The van der Waals surface area contributed by atoms with Gasteiger partial charge in [-0.15, -0.1) is 6.42 Å². The van der Waals surface area contributed by atoms with Gasteiger partial charge in [-0.3, -0.25) is 0 Å². The Bertz CT molecular complexity index is 494. The highest BCUT2D eigenvalue weighted by Crippen LogP contribution is 2.27. The van der Waals surface area contributed by atoms with E-state index in [2.05, 4.69) is 29.4 Å². The summed E-state index contributed by atoms with van der Waals surface area (Å²) in [6.45, 7) is 0.545. The van der Waals surface area contributed by atoms with Crippen LogP contribution in [0.1, 0.15) is 0 Å². The Kier molecular flexibility index (Phi) is 3.25. The minimum absolute atomic E-state index is 0.545. The predicted molar refractivity (Wildman–Crippen MR) is 69.2 cm³/mol. The largest absolute Gasteiger partial charge is 0.374 e. The van der Waals surface area contributed by atoms with Crippen LogP contribution in [0.3, 0.4) is 0 Å². The topological polar surface area (TPSA) is 12.0 Å². The fourth-order valence-electron chi connectivity index (χ4n) is 1.65. The first-order valence-electron chi connectivity index (χ1n) is 5.23. The fraction of sp³-hybridized carbons (Fsp3) is 0.0667. The number of para-hydroxylation sites is 1. The smallest absolute Gasteiger partial charge is 0.0763 e. The molecule has 0 aromatic heterocycles. The van der Waals surface area contributed by atoms with Crippen molar-refractivity contribution in [2.24, 2.45) is 0 Å². The highest BCUT2D eigenvalue weighted by Gasteiger charge is 2.01. The molecule has 0 heterocycles. The van der Waals surface area contributed by atoms with E-state index in [4.69, 9.17) is 6.42 Å². The Balaban J connectivity index is 2.38. The molecule has 16 heavy (non-hydrogen) atoms. The van der Waals surface area contributed by atoms with E-state index in [0.29, 0.717) is 6.54 Å². The number of hydrogen-bond donors (Lipinski definition) is 1. The summed E-state index contributed by atoms with van der Waals surface area (Å²) in [7, 11) is 0. The van der Waals surface area contributed by atoms with E-state index in [1.165, 1.54) is 11.1 Å². The normalized spacial score (nSPS) is 9.44. The number of hydrogen-bond acceptors (Lipinski definition) is 1. The van der Waals surface area contributed by atoms with Gasteiger partial charge in [0.15, 0.2) is 0 Å². The van der Waals surface area contributed by atoms with Crippen LogP contribution in [0.2, 0.25) is 0 Å². The third-order valence-corrected chi connectivity index (χ3v) is 2.39. The zero-order valence-corrected chi connectivity index (χ0v) is 8.98. The molecule has 1 N–H and O–H groups in total. The van der Waals surface area contributed by atoms with Crippen molar-refractivity contribution >= 4 is 5.69 Å². The SMILES string of the molecule is C#CCNc1ccccc1-c1ccccc1. The van der Waals surface area contributed by atoms with Crippen LogP contribution in [-0.4, -0.2) is 6.54 Å². The van der Waals surface area contributed by atoms with Crippen LogP contribution >= 0.6 is 0 Å². The molecule has 0 fully saturated rings. The van der Waals surface area contributed by atoms with E-state index in [9.17, 15) is 0 Å². The lowest BCUT2D eigenvalue weighted by Crippen LogP contribution is -1.99. The van der Waals surface area contributed by atoms with Crippen molar-refractivity contribution in [1.29, 1.82) is 0 Å². The molecule has 78 valence electrons. The Labute approximate surface area is 96.1 Å². The minimum atomic E-state index is 0.545. The molecule has 2 aromatic carbocycles. The molecule has 2 aromatic rings. The molecule has 0 aliphatic carbocycles. The maximum Gasteiger partial charge on any atom is 0.0763 e. The fourth-order valence-corrected chi connectivity index (χ4v) is 1.65. The van der Waals surface area contributed by atoms with Crippen LogP contribution in [0.15, 0.2) is 54.6 Å². The van der Waals surface area contributed by atoms with Gasteiger partial charge < -0.3 is 5.32 Å². The molecular formula is C15H13N. The lowest BCUT2D eigenvalue weighted by atomic mass is 10.0. The van der Waals surface area contributed by atoms with E-state index in [1.807, 2.05) is 36.4 Å². The van der Waals surface area contributed by atoms with Crippen LogP contribution < -0.4 is 5.32 Å². The predicted octanol–water partition coefficient (Wildman–Crippen LogP) is 3.40. The number of terminal acetylenes is 1. The molecule has 1 nitrogen and oxygen atoms in total. The Morgan fingerprint density at radius 2 is 1.62 bits per heavy atom. The number of anilines is 1. The van der Waals surface area contributed by atoms with Crippen molar-refractivity contribution in [3.05, 3.63) is 54.6 Å². The first-order chi connectivity index (χ1) is 7.92. The van der Waals surface area contributed by atoms with Gasteiger partial charge >= 0.3 is 0 Å². The van der Waals surface area contributed by atoms with Crippen LogP contribution in [0, 0.1) is 12.3 Å². The first-order valence-corrected chi connectivity index (χ1v) is 5.23. The summed E-state index contributed by atoms with van der Waals surface area (Å²) in [5.74, 6) is 2.58. The zero-order chi connectivity index (χ0) is 11.2. The van der Waals surface area contributed by atoms with Crippen molar-refractivity contribution < 1.29 is 0 Å². The number of benzene rings is 2. The molecule has 0 aliphatic heterocycles. The second kappa shape index (κ2) is 5.04. The Morgan fingerprint density at radius 1 is 0.938 bits per heavy atom. The molecule has 0 bridgehead atoms. The average molecular weight is 207 g/mol. The van der Waals surface area contributed by atoms with Gasteiger partial charge in [0.25, 0.3) is 0 Å². The molecule has 0 atom stereocenters. The summed E-state index contributed by atoms with van der Waals surface area (Å²) in [4.78, 5) is 0. The maximum absolute atomic E-state index is 5.25. The summed E-state index contributed by atoms with van der Waals surface area (Å²) in [5.41, 5.74) is 3.45. The van der Waals surface area contributed by atoms with Crippen molar-refractivity contribution in [2.75, 3.05) is 11.9 Å². The molecule has 0 amide bonds. The van der Waals surface area contributed by atoms with Crippen molar-refractivity contribution in [3.8, 4) is 23.5 Å². The second-order valence-corrected chi connectivity index (χ2v) is 3.47. The Hall–Kier alpha value is -2.20. The molecule has 0 aliphatic rings. The lowest BCUT2D eigenvalue weighted by molar-refractivity contribution is 1.38. The van der Waals surface area contributed by atoms with Crippen LogP contribution in [0.25, 0.3) is 11.1 Å². The van der Waals surface area contributed by atoms with Gasteiger partial charge in [-0.1, -0.05) is 54.5 Å².